The van der Waals surface area contributed by atoms with E-state index in [-0.39, 0.29) is 0 Å². The van der Waals surface area contributed by atoms with Gasteiger partial charge in [0.15, 0.2) is 0 Å². The molecule has 0 unspecified atom stereocenters. The highest BCUT2D eigenvalue weighted by molar-refractivity contribution is 6.59. The lowest BCUT2D eigenvalue weighted by Gasteiger charge is -2.25. The minimum absolute atomic E-state index is 0.561. The monoisotopic (exact) mass is 263 g/mol. The molecule has 1 aliphatic rings. The first kappa shape index (κ1) is 14.4. The molecule has 0 aliphatic heterocycles. The lowest BCUT2D eigenvalue weighted by Crippen LogP contribution is -2.37. The maximum Gasteiger partial charge on any atom is 0.488 e. The van der Waals surface area contributed by atoms with Crippen molar-refractivity contribution in [2.75, 3.05) is 14.2 Å². The van der Waals surface area contributed by atoms with Gasteiger partial charge in [-0.25, -0.2) is 0 Å². The van der Waals surface area contributed by atoms with Crippen LogP contribution < -0.4 is 10.2 Å². The minimum Gasteiger partial charge on any atom is -0.497 e. The molecule has 0 bridgehead atoms. The number of hydrogen-bond donors (Lipinski definition) is 2. The van der Waals surface area contributed by atoms with E-state index in [9.17, 15) is 10.0 Å². The van der Waals surface area contributed by atoms with Gasteiger partial charge in [0.1, 0.15) is 5.75 Å². The average molecular weight is 263 g/mol. The first-order valence-corrected chi connectivity index (χ1v) is 6.85. The van der Waals surface area contributed by atoms with Crippen LogP contribution in [0.5, 0.6) is 5.75 Å². The van der Waals surface area contributed by atoms with Crippen LogP contribution >= 0.6 is 0 Å². The molecule has 5 heteroatoms. The van der Waals surface area contributed by atoms with Crippen LogP contribution in [-0.2, 0) is 6.54 Å². The van der Waals surface area contributed by atoms with E-state index in [1.807, 2.05) is 6.07 Å². The van der Waals surface area contributed by atoms with Crippen molar-refractivity contribution in [1.29, 1.82) is 0 Å². The number of rotatable bonds is 5. The first-order chi connectivity index (χ1) is 9.11. The van der Waals surface area contributed by atoms with Crippen molar-refractivity contribution < 1.29 is 14.8 Å². The molecule has 0 spiro atoms. The molecule has 1 aromatic rings. The van der Waals surface area contributed by atoms with Crippen molar-refractivity contribution in [3.8, 4) is 5.75 Å². The molecule has 2 N–H and O–H groups in total. The van der Waals surface area contributed by atoms with Gasteiger partial charge in [-0.15, -0.1) is 0 Å². The van der Waals surface area contributed by atoms with E-state index in [0.29, 0.717) is 11.5 Å². The quantitative estimate of drug-likeness (QED) is 0.770. The van der Waals surface area contributed by atoms with Crippen LogP contribution in [0.25, 0.3) is 0 Å². The molecule has 0 radical (unpaired) electrons. The zero-order chi connectivity index (χ0) is 13.8. The van der Waals surface area contributed by atoms with Gasteiger partial charge < -0.3 is 14.8 Å². The predicted octanol–water partition coefficient (Wildman–Crippen LogP) is 0.749. The summed E-state index contributed by atoms with van der Waals surface area (Å²) in [5.74, 6) is 0.749. The number of methoxy groups -OCH3 is 1. The molecule has 0 saturated heterocycles. The highest BCUT2D eigenvalue weighted by atomic mass is 16.5. The number of hydrogen-bond acceptors (Lipinski definition) is 4. The first-order valence-electron chi connectivity index (χ1n) is 6.85. The fourth-order valence-electron chi connectivity index (χ4n) is 2.84. The van der Waals surface area contributed by atoms with Gasteiger partial charge in [-0.1, -0.05) is 18.9 Å². The van der Waals surface area contributed by atoms with Gasteiger partial charge in [0.25, 0.3) is 0 Å². The summed E-state index contributed by atoms with van der Waals surface area (Å²) in [5, 5.41) is 18.9. The fraction of sp³-hybridized carbons (Fsp3) is 0.571. The third kappa shape index (κ3) is 3.50. The molecule has 0 atom stereocenters. The van der Waals surface area contributed by atoms with E-state index >= 15 is 0 Å². The second kappa shape index (κ2) is 6.41. The Kier molecular flexibility index (Phi) is 4.85. The SMILES string of the molecule is COc1ccc(B(O)O)c(CN(C)C2CCCC2)c1. The van der Waals surface area contributed by atoms with Gasteiger partial charge >= 0.3 is 7.12 Å². The van der Waals surface area contributed by atoms with Crippen molar-refractivity contribution in [3.63, 3.8) is 0 Å². The number of ether oxygens (including phenoxy) is 1. The van der Waals surface area contributed by atoms with Crippen molar-refractivity contribution >= 4 is 12.6 Å². The molecule has 1 saturated carbocycles. The van der Waals surface area contributed by atoms with Crippen LogP contribution in [0.4, 0.5) is 0 Å². The lowest BCUT2D eigenvalue weighted by molar-refractivity contribution is 0.237. The minimum atomic E-state index is -1.43. The summed E-state index contributed by atoms with van der Waals surface area (Å²) in [6, 6.07) is 5.98. The molecule has 4 nitrogen and oxygen atoms in total. The van der Waals surface area contributed by atoms with Gasteiger partial charge in [-0.3, -0.25) is 4.90 Å². The molecule has 19 heavy (non-hydrogen) atoms. The lowest BCUT2D eigenvalue weighted by atomic mass is 9.76. The Morgan fingerprint density at radius 1 is 1.32 bits per heavy atom. The van der Waals surface area contributed by atoms with E-state index in [1.54, 1.807) is 19.2 Å². The Bertz CT molecular complexity index is 419. The second-order valence-corrected chi connectivity index (χ2v) is 5.29. The zero-order valence-electron chi connectivity index (χ0n) is 11.7. The summed E-state index contributed by atoms with van der Waals surface area (Å²) >= 11 is 0. The number of nitrogens with zero attached hydrogens (tertiary/aromatic N) is 1. The van der Waals surface area contributed by atoms with Gasteiger partial charge in [0.2, 0.25) is 0 Å². The summed E-state index contributed by atoms with van der Waals surface area (Å²) in [6.07, 6.45) is 5.06. The Morgan fingerprint density at radius 3 is 2.58 bits per heavy atom. The van der Waals surface area contributed by atoms with E-state index in [0.717, 1.165) is 17.9 Å². The van der Waals surface area contributed by atoms with Crippen molar-refractivity contribution in [2.24, 2.45) is 0 Å². The smallest absolute Gasteiger partial charge is 0.488 e. The highest BCUT2D eigenvalue weighted by Crippen LogP contribution is 2.24. The third-order valence-electron chi connectivity index (χ3n) is 4.00. The molecule has 2 rings (SSSR count). The molecule has 104 valence electrons. The summed E-state index contributed by atoms with van der Waals surface area (Å²) in [6.45, 7) is 0.717. The Morgan fingerprint density at radius 2 is 2.00 bits per heavy atom. The molecular weight excluding hydrogens is 241 g/mol. The van der Waals surface area contributed by atoms with Gasteiger partial charge in [0, 0.05) is 12.6 Å². The predicted molar refractivity (Wildman–Crippen MR) is 76.5 cm³/mol. The molecule has 0 amide bonds. The summed E-state index contributed by atoms with van der Waals surface area (Å²) in [4.78, 5) is 2.30. The Hall–Kier alpha value is -1.04. The second-order valence-electron chi connectivity index (χ2n) is 5.29. The largest absolute Gasteiger partial charge is 0.497 e. The number of benzene rings is 1. The van der Waals surface area contributed by atoms with Crippen molar-refractivity contribution in [3.05, 3.63) is 23.8 Å². The van der Waals surface area contributed by atoms with E-state index in [1.165, 1.54) is 25.7 Å². The van der Waals surface area contributed by atoms with Crippen LogP contribution in [0, 0.1) is 0 Å². The third-order valence-corrected chi connectivity index (χ3v) is 4.00. The van der Waals surface area contributed by atoms with E-state index in [2.05, 4.69) is 11.9 Å². The van der Waals surface area contributed by atoms with Gasteiger partial charge in [0.05, 0.1) is 7.11 Å². The van der Waals surface area contributed by atoms with Crippen molar-refractivity contribution in [2.45, 2.75) is 38.3 Å². The van der Waals surface area contributed by atoms with Crippen LogP contribution in [0.2, 0.25) is 0 Å². The topological polar surface area (TPSA) is 52.9 Å². The average Bonchev–Trinajstić information content (AvgIpc) is 2.92. The van der Waals surface area contributed by atoms with Crippen molar-refractivity contribution in [1.82, 2.24) is 4.90 Å². The normalized spacial score (nSPS) is 16.1. The van der Waals surface area contributed by atoms with Crippen LogP contribution in [0.3, 0.4) is 0 Å². The zero-order valence-corrected chi connectivity index (χ0v) is 11.7. The van der Waals surface area contributed by atoms with Crippen LogP contribution in [0.15, 0.2) is 18.2 Å². The molecule has 1 fully saturated rings. The maximum absolute atomic E-state index is 9.44. The molecule has 0 aromatic heterocycles. The Labute approximate surface area is 115 Å². The Balaban J connectivity index is 2.16. The van der Waals surface area contributed by atoms with Gasteiger partial charge in [-0.05, 0) is 43.0 Å². The molecule has 1 aliphatic carbocycles. The summed E-state index contributed by atoms with van der Waals surface area (Å²) in [7, 11) is 2.29. The highest BCUT2D eigenvalue weighted by Gasteiger charge is 2.22. The molecule has 0 heterocycles. The molecular formula is C14H22BNO3. The van der Waals surface area contributed by atoms with E-state index < -0.39 is 7.12 Å². The van der Waals surface area contributed by atoms with Crippen LogP contribution in [-0.4, -0.2) is 42.3 Å². The fourth-order valence-corrected chi connectivity index (χ4v) is 2.84. The summed E-state index contributed by atoms with van der Waals surface area (Å²) < 4.78 is 5.21. The van der Waals surface area contributed by atoms with E-state index in [4.69, 9.17) is 4.74 Å². The van der Waals surface area contributed by atoms with Crippen LogP contribution in [0.1, 0.15) is 31.2 Å². The van der Waals surface area contributed by atoms with Gasteiger partial charge in [-0.2, -0.15) is 0 Å². The summed E-state index contributed by atoms with van der Waals surface area (Å²) in [5.41, 5.74) is 1.48. The molecule has 1 aromatic carbocycles. The standard InChI is InChI=1S/C14H22BNO3/c1-16(12-5-3-4-6-12)10-11-9-13(19-2)7-8-14(11)15(17)18/h7-9,12,17-18H,3-6,10H2,1-2H3. The maximum atomic E-state index is 9.44.